The molecule has 41 heavy (non-hydrogen) atoms. The molecule has 0 bridgehead atoms. The van der Waals surface area contributed by atoms with Gasteiger partial charge in [-0.2, -0.15) is 0 Å². The van der Waals surface area contributed by atoms with Crippen molar-refractivity contribution in [1.29, 1.82) is 0 Å². The summed E-state index contributed by atoms with van der Waals surface area (Å²) in [6, 6.07) is 45.4. The van der Waals surface area contributed by atoms with Crippen molar-refractivity contribution in [2.75, 3.05) is 0 Å². The van der Waals surface area contributed by atoms with Crippen LogP contribution in [0.1, 0.15) is 29.5 Å². The first-order valence-corrected chi connectivity index (χ1v) is 13.4. The third-order valence-corrected chi connectivity index (χ3v) is 7.07. The number of para-hydroxylation sites is 1. The molecule has 0 fully saturated rings. The zero-order chi connectivity index (χ0) is 27.3. The van der Waals surface area contributed by atoms with Crippen molar-refractivity contribution in [2.24, 2.45) is 0 Å². The normalized spacial score (nSPS) is 11.4. The van der Waals surface area contributed by atoms with E-state index in [1.165, 1.54) is 16.7 Å². The predicted molar refractivity (Wildman–Crippen MR) is 163 cm³/mol. The fourth-order valence-corrected chi connectivity index (χ4v) is 4.80. The van der Waals surface area contributed by atoms with E-state index in [1.54, 1.807) is 0 Å². The fourth-order valence-electron chi connectivity index (χ4n) is 4.80. The molecule has 1 unspecified atom stereocenters. The van der Waals surface area contributed by atoms with Crippen LogP contribution >= 0.6 is 0 Å². The summed E-state index contributed by atoms with van der Waals surface area (Å²) in [5, 5.41) is 2.22. The summed E-state index contributed by atoms with van der Waals surface area (Å²) < 4.78 is 5.91. The largest absolute Gasteiger partial charge is 0.500 e. The van der Waals surface area contributed by atoms with Crippen LogP contribution in [0.25, 0.3) is 44.5 Å². The Morgan fingerprint density at radius 2 is 1.46 bits per heavy atom. The summed E-state index contributed by atoms with van der Waals surface area (Å²) in [4.78, 5) is 8.91. The monoisotopic (exact) mass is 709 g/mol. The van der Waals surface area contributed by atoms with Crippen LogP contribution in [0, 0.1) is 19.1 Å². The van der Waals surface area contributed by atoms with Crippen molar-refractivity contribution < 1.29 is 24.5 Å². The molecule has 3 aromatic heterocycles. The van der Waals surface area contributed by atoms with Gasteiger partial charge in [-0.25, -0.2) is 0 Å². The molecule has 203 valence electrons. The molecule has 0 aliphatic carbocycles. The summed E-state index contributed by atoms with van der Waals surface area (Å²) in [5.74, 6) is 0.312. The van der Waals surface area contributed by atoms with Crippen LogP contribution in [0.4, 0.5) is 0 Å². The number of rotatable bonds is 4. The van der Waals surface area contributed by atoms with Crippen molar-refractivity contribution in [3.05, 3.63) is 156 Å². The van der Waals surface area contributed by atoms with E-state index < -0.39 is 0 Å². The molecule has 1 atom stereocenters. The molecule has 0 spiro atoms. The van der Waals surface area contributed by atoms with Crippen LogP contribution in [0.15, 0.2) is 132 Å². The number of pyridine rings is 2. The first-order valence-electron chi connectivity index (χ1n) is 13.4. The third kappa shape index (κ3) is 6.35. The molecule has 4 heteroatoms. The van der Waals surface area contributed by atoms with Crippen molar-refractivity contribution in [3.63, 3.8) is 0 Å². The molecule has 7 aromatic rings. The number of aromatic nitrogens is 2. The van der Waals surface area contributed by atoms with Gasteiger partial charge in [0, 0.05) is 43.8 Å². The van der Waals surface area contributed by atoms with E-state index in [1.807, 2.05) is 80.0 Å². The maximum atomic E-state index is 5.91. The van der Waals surface area contributed by atoms with Gasteiger partial charge in [-0.05, 0) is 47.1 Å². The van der Waals surface area contributed by atoms with Gasteiger partial charge in [-0.15, -0.1) is 59.7 Å². The van der Waals surface area contributed by atoms with Crippen molar-refractivity contribution in [3.8, 4) is 22.5 Å². The summed E-state index contributed by atoms with van der Waals surface area (Å²) in [5.41, 5.74) is 9.42. The molecule has 3 heterocycles. The average molecular weight is 709 g/mol. The molecule has 0 N–H and O–H groups in total. The van der Waals surface area contributed by atoms with Crippen LogP contribution in [0.2, 0.25) is 0 Å². The Hall–Kier alpha value is -4.37. The minimum Gasteiger partial charge on any atom is -0.500 e. The van der Waals surface area contributed by atoms with Gasteiger partial charge < -0.3 is 14.4 Å². The Kier molecular flexibility index (Phi) is 8.84. The molecule has 1 radical (unpaired) electrons. The van der Waals surface area contributed by atoms with Gasteiger partial charge in [0.15, 0.2) is 0 Å². The van der Waals surface area contributed by atoms with Crippen LogP contribution in [0.3, 0.4) is 0 Å². The summed E-state index contributed by atoms with van der Waals surface area (Å²) in [6.45, 7) is 4.26. The Morgan fingerprint density at radius 3 is 2.24 bits per heavy atom. The second-order valence-electron chi connectivity index (χ2n) is 9.83. The second kappa shape index (κ2) is 12.9. The summed E-state index contributed by atoms with van der Waals surface area (Å²) in [7, 11) is 0. The van der Waals surface area contributed by atoms with E-state index in [0.29, 0.717) is 5.92 Å². The van der Waals surface area contributed by atoms with Gasteiger partial charge in [-0.1, -0.05) is 79.0 Å². The number of fused-ring (bicyclic) bond motifs is 3. The maximum absolute atomic E-state index is 5.91. The summed E-state index contributed by atoms with van der Waals surface area (Å²) >= 11 is 0. The van der Waals surface area contributed by atoms with Crippen molar-refractivity contribution >= 4 is 21.9 Å². The Bertz CT molecular complexity index is 1860. The fraction of sp³-hybridized carbons (Fsp3) is 0.0811. The standard InChI is InChI=1S/C25H18NO.C12H10N.Ir/c1-17(18-7-3-2-4-8-18)19-13-14-26-23(16-19)20-11-12-25-22(15-20)21-9-5-6-10-24(21)27-25;1-10-7-8-12(13-9-10)11-5-3-2-4-6-11;/h2-10,12-17H,1H3;2-5,7-9H,1H3;/q2*-1;. The number of furan rings is 1. The Labute approximate surface area is 254 Å². The number of hydrogen-bond donors (Lipinski definition) is 0. The van der Waals surface area contributed by atoms with Gasteiger partial charge >= 0.3 is 0 Å². The molecule has 0 amide bonds. The molecule has 0 aliphatic heterocycles. The van der Waals surface area contributed by atoms with E-state index in [4.69, 9.17) is 4.42 Å². The minimum atomic E-state index is 0. The predicted octanol–water partition coefficient (Wildman–Crippen LogP) is 9.45. The van der Waals surface area contributed by atoms with E-state index in [2.05, 4.69) is 83.6 Å². The van der Waals surface area contributed by atoms with Crippen LogP contribution in [0.5, 0.6) is 0 Å². The van der Waals surface area contributed by atoms with E-state index in [0.717, 1.165) is 44.5 Å². The van der Waals surface area contributed by atoms with E-state index in [9.17, 15) is 0 Å². The second-order valence-corrected chi connectivity index (χ2v) is 9.83. The molecule has 4 aromatic carbocycles. The van der Waals surface area contributed by atoms with Crippen LogP contribution < -0.4 is 0 Å². The molecule has 3 nitrogen and oxygen atoms in total. The maximum Gasteiger partial charge on any atom is 0.120 e. The third-order valence-electron chi connectivity index (χ3n) is 7.07. The van der Waals surface area contributed by atoms with Gasteiger partial charge in [0.05, 0.1) is 5.58 Å². The zero-order valence-electron chi connectivity index (χ0n) is 22.8. The molecule has 0 saturated carbocycles. The smallest absolute Gasteiger partial charge is 0.120 e. The topological polar surface area (TPSA) is 38.9 Å². The molecule has 7 rings (SSSR count). The number of nitrogens with zero attached hydrogens (tertiary/aromatic N) is 2. The number of benzene rings is 4. The van der Waals surface area contributed by atoms with E-state index in [-0.39, 0.29) is 20.1 Å². The van der Waals surface area contributed by atoms with Gasteiger partial charge in [0.25, 0.3) is 0 Å². The Balaban J connectivity index is 0.000000204. The average Bonchev–Trinajstić information content (AvgIpc) is 3.40. The van der Waals surface area contributed by atoms with Gasteiger partial charge in [0.1, 0.15) is 5.58 Å². The SMILES string of the molecule is CC(c1ccccc1)c1ccnc(-c2[c-]cc3oc4ccccc4c3c2)c1.Cc1ccc(-c2[c-]cccc2)nc1.[Ir]. The van der Waals surface area contributed by atoms with E-state index >= 15 is 0 Å². The quantitative estimate of drug-likeness (QED) is 0.171. The molecule has 0 aliphatic rings. The molecular weight excluding hydrogens is 681 g/mol. The first kappa shape index (κ1) is 28.2. The van der Waals surface area contributed by atoms with Gasteiger partial charge in [-0.3, -0.25) is 0 Å². The number of hydrogen-bond acceptors (Lipinski definition) is 3. The Morgan fingerprint density at radius 1 is 0.659 bits per heavy atom. The van der Waals surface area contributed by atoms with Crippen LogP contribution in [-0.2, 0) is 20.1 Å². The van der Waals surface area contributed by atoms with Crippen molar-refractivity contribution in [2.45, 2.75) is 19.8 Å². The van der Waals surface area contributed by atoms with Crippen LogP contribution in [-0.4, -0.2) is 9.97 Å². The minimum absolute atomic E-state index is 0. The zero-order valence-corrected chi connectivity index (χ0v) is 25.2. The van der Waals surface area contributed by atoms with Crippen molar-refractivity contribution in [1.82, 2.24) is 9.97 Å². The summed E-state index contributed by atoms with van der Waals surface area (Å²) in [6.07, 6.45) is 3.76. The molecular formula is C37H28IrN2O-2. The first-order chi connectivity index (χ1) is 19.7. The number of aryl methyl sites for hydroxylation is 1. The molecule has 0 saturated heterocycles. The van der Waals surface area contributed by atoms with Gasteiger partial charge in [0.2, 0.25) is 0 Å².